The van der Waals surface area contributed by atoms with Crippen molar-refractivity contribution in [3.05, 3.63) is 82.9 Å². The van der Waals surface area contributed by atoms with Crippen LogP contribution in [0, 0.1) is 17.6 Å². The number of aromatic nitrogens is 2. The van der Waals surface area contributed by atoms with Crippen LogP contribution in [0.5, 0.6) is 0 Å². The fourth-order valence-electron chi connectivity index (χ4n) is 5.22. The lowest BCUT2D eigenvalue weighted by molar-refractivity contribution is -0.121. The van der Waals surface area contributed by atoms with E-state index in [1.54, 1.807) is 30.3 Å². The van der Waals surface area contributed by atoms with Gasteiger partial charge in [-0.15, -0.1) is 0 Å². The van der Waals surface area contributed by atoms with Crippen molar-refractivity contribution in [3.63, 3.8) is 0 Å². The van der Waals surface area contributed by atoms with E-state index in [4.69, 9.17) is 16.6 Å². The predicted octanol–water partition coefficient (Wildman–Crippen LogP) is 7.18. The molecule has 4 aromatic rings. The Hall–Kier alpha value is -3.78. The van der Waals surface area contributed by atoms with Crippen molar-refractivity contribution in [2.24, 2.45) is 5.92 Å². The summed E-state index contributed by atoms with van der Waals surface area (Å²) in [5.74, 6) is -1.83. The number of hydrogen-bond acceptors (Lipinski definition) is 4. The third kappa shape index (κ3) is 5.13. The smallest absolute Gasteiger partial charge is 0.337 e. The number of nitrogens with zero attached hydrogens (tertiary/aromatic N) is 2. The topological polar surface area (TPSA) is 73.2 Å². The highest BCUT2D eigenvalue weighted by atomic mass is 35.5. The zero-order valence-electron chi connectivity index (χ0n) is 20.7. The molecular weight excluding hydrogens is 512 g/mol. The van der Waals surface area contributed by atoms with Crippen molar-refractivity contribution < 1.29 is 23.1 Å². The zero-order chi connectivity index (χ0) is 26.8. The number of fused-ring (bicyclic) bond motifs is 1. The number of amides is 1. The molecule has 1 N–H and O–H groups in total. The summed E-state index contributed by atoms with van der Waals surface area (Å²) in [6, 6.07) is 14.4. The van der Waals surface area contributed by atoms with Crippen molar-refractivity contribution in [3.8, 4) is 11.4 Å². The summed E-state index contributed by atoms with van der Waals surface area (Å²) < 4.78 is 35.6. The number of esters is 1. The van der Waals surface area contributed by atoms with Crippen LogP contribution in [0.3, 0.4) is 0 Å². The number of benzene rings is 3. The molecule has 196 valence electrons. The lowest BCUT2D eigenvalue weighted by atomic mass is 9.83. The van der Waals surface area contributed by atoms with Crippen LogP contribution in [-0.4, -0.2) is 28.5 Å². The Morgan fingerprint density at radius 1 is 1.03 bits per heavy atom. The summed E-state index contributed by atoms with van der Waals surface area (Å²) in [6.45, 7) is 0. The molecule has 1 atom stereocenters. The first-order valence-electron chi connectivity index (χ1n) is 12.5. The minimum absolute atomic E-state index is 0.0412. The summed E-state index contributed by atoms with van der Waals surface area (Å²) in [7, 11) is 1.21. The van der Waals surface area contributed by atoms with Gasteiger partial charge in [0.25, 0.3) is 0 Å². The van der Waals surface area contributed by atoms with Gasteiger partial charge >= 0.3 is 5.97 Å². The molecule has 1 amide bonds. The van der Waals surface area contributed by atoms with E-state index < -0.39 is 29.6 Å². The second-order valence-corrected chi connectivity index (χ2v) is 9.90. The van der Waals surface area contributed by atoms with Gasteiger partial charge in [-0.2, -0.15) is 0 Å². The minimum atomic E-state index is -0.751. The van der Waals surface area contributed by atoms with Crippen LogP contribution >= 0.6 is 11.6 Å². The van der Waals surface area contributed by atoms with Crippen molar-refractivity contribution in [1.29, 1.82) is 0 Å². The highest BCUT2D eigenvalue weighted by Gasteiger charge is 2.35. The number of nitrogens with one attached hydrogen (secondary N) is 1. The van der Waals surface area contributed by atoms with Crippen LogP contribution in [0.2, 0.25) is 5.02 Å². The highest BCUT2D eigenvalue weighted by Crippen LogP contribution is 2.39. The van der Waals surface area contributed by atoms with Crippen molar-refractivity contribution in [2.75, 3.05) is 12.4 Å². The average molecular weight is 538 g/mol. The van der Waals surface area contributed by atoms with Gasteiger partial charge in [-0.3, -0.25) is 4.79 Å². The molecule has 0 saturated heterocycles. The number of hydrogen-bond donors (Lipinski definition) is 1. The molecule has 5 rings (SSSR count). The Labute approximate surface area is 223 Å². The summed E-state index contributed by atoms with van der Waals surface area (Å²) in [6.07, 6.45) is 4.63. The van der Waals surface area contributed by atoms with Gasteiger partial charge in [0.15, 0.2) is 0 Å². The second kappa shape index (κ2) is 10.9. The Kier molecular flexibility index (Phi) is 7.42. The molecule has 0 bridgehead atoms. The first-order chi connectivity index (χ1) is 18.4. The van der Waals surface area contributed by atoms with Gasteiger partial charge in [-0.25, -0.2) is 18.6 Å². The second-order valence-electron chi connectivity index (χ2n) is 9.46. The molecule has 1 saturated carbocycles. The maximum Gasteiger partial charge on any atom is 0.337 e. The summed E-state index contributed by atoms with van der Waals surface area (Å²) in [4.78, 5) is 30.5. The monoisotopic (exact) mass is 537 g/mol. The van der Waals surface area contributed by atoms with E-state index in [-0.39, 0.29) is 17.2 Å². The SMILES string of the molecule is COC(=O)c1ccc(NC(=O)C(C2CCCCC2)n2c(-c3ccc(Cl)cc3)nc3cc(F)ccc32)c(F)c1. The van der Waals surface area contributed by atoms with Crippen LogP contribution in [-0.2, 0) is 9.53 Å². The molecule has 1 aliphatic carbocycles. The van der Waals surface area contributed by atoms with E-state index in [1.807, 2.05) is 4.57 Å². The average Bonchev–Trinajstić information content (AvgIpc) is 3.28. The summed E-state index contributed by atoms with van der Waals surface area (Å²) in [5, 5.41) is 3.28. The molecule has 1 heterocycles. The number of carbonyl (C=O) groups is 2. The third-order valence-corrected chi connectivity index (χ3v) is 7.30. The number of methoxy groups -OCH3 is 1. The van der Waals surface area contributed by atoms with Gasteiger partial charge in [-0.05, 0) is 73.4 Å². The van der Waals surface area contributed by atoms with E-state index >= 15 is 0 Å². The van der Waals surface area contributed by atoms with E-state index in [1.165, 1.54) is 31.4 Å². The summed E-state index contributed by atoms with van der Waals surface area (Å²) >= 11 is 6.11. The molecule has 3 aromatic carbocycles. The number of carbonyl (C=O) groups excluding carboxylic acids is 2. The van der Waals surface area contributed by atoms with Crippen molar-refractivity contribution >= 4 is 40.2 Å². The first kappa shape index (κ1) is 25.9. The highest BCUT2D eigenvalue weighted by molar-refractivity contribution is 6.30. The van der Waals surface area contributed by atoms with E-state index in [9.17, 15) is 18.4 Å². The molecule has 1 aromatic heterocycles. The fourth-order valence-corrected chi connectivity index (χ4v) is 5.34. The molecule has 0 aliphatic heterocycles. The molecular formula is C29H26ClF2N3O3. The predicted molar refractivity (Wildman–Crippen MR) is 142 cm³/mol. The molecule has 38 heavy (non-hydrogen) atoms. The Morgan fingerprint density at radius 2 is 1.76 bits per heavy atom. The largest absolute Gasteiger partial charge is 0.465 e. The Morgan fingerprint density at radius 3 is 2.45 bits per heavy atom. The van der Waals surface area contributed by atoms with Gasteiger partial charge in [0.1, 0.15) is 23.5 Å². The van der Waals surface area contributed by atoms with Crippen molar-refractivity contribution in [2.45, 2.75) is 38.1 Å². The molecule has 9 heteroatoms. The van der Waals surface area contributed by atoms with Gasteiger partial charge in [-0.1, -0.05) is 30.9 Å². The van der Waals surface area contributed by atoms with E-state index in [0.29, 0.717) is 27.4 Å². The van der Waals surface area contributed by atoms with Crippen LogP contribution in [0.15, 0.2) is 60.7 Å². The van der Waals surface area contributed by atoms with Gasteiger partial charge in [0, 0.05) is 16.7 Å². The maximum atomic E-state index is 14.9. The number of imidazole rings is 1. The number of anilines is 1. The van der Waals surface area contributed by atoms with E-state index in [2.05, 4.69) is 10.1 Å². The van der Waals surface area contributed by atoms with Gasteiger partial charge in [0.2, 0.25) is 5.91 Å². The number of halogens is 3. The number of ether oxygens (including phenoxy) is 1. The van der Waals surface area contributed by atoms with Gasteiger partial charge < -0.3 is 14.6 Å². The normalized spacial score (nSPS) is 14.8. The Bertz CT molecular complexity index is 1500. The molecule has 6 nitrogen and oxygen atoms in total. The summed E-state index contributed by atoms with van der Waals surface area (Å²) in [5.41, 5.74) is 1.72. The zero-order valence-corrected chi connectivity index (χ0v) is 21.5. The number of rotatable bonds is 6. The first-order valence-corrected chi connectivity index (χ1v) is 12.9. The molecule has 1 aliphatic rings. The minimum Gasteiger partial charge on any atom is -0.465 e. The van der Waals surface area contributed by atoms with Crippen LogP contribution in [0.1, 0.15) is 48.5 Å². The van der Waals surface area contributed by atoms with Crippen molar-refractivity contribution in [1.82, 2.24) is 9.55 Å². The van der Waals surface area contributed by atoms with Crippen LogP contribution in [0.25, 0.3) is 22.4 Å². The quantitative estimate of drug-likeness (QED) is 0.264. The molecule has 0 radical (unpaired) electrons. The van der Waals surface area contributed by atoms with E-state index in [0.717, 1.165) is 38.2 Å². The van der Waals surface area contributed by atoms with Crippen LogP contribution in [0.4, 0.5) is 14.5 Å². The molecule has 1 unspecified atom stereocenters. The molecule has 1 fully saturated rings. The Balaban J connectivity index is 1.62. The molecule has 0 spiro atoms. The van der Waals surface area contributed by atoms with Crippen LogP contribution < -0.4 is 5.32 Å². The fraction of sp³-hybridized carbons (Fsp3) is 0.276. The standard InChI is InChI=1S/C29H26ClF2N3O3/c1-38-29(37)19-9-13-23(22(32)15-19)34-28(36)26(17-5-3-2-4-6-17)35-25-14-12-21(31)16-24(25)33-27(35)18-7-10-20(30)11-8-18/h7-17,26H,2-6H2,1H3,(H,34,36). The third-order valence-electron chi connectivity index (χ3n) is 7.05. The maximum absolute atomic E-state index is 14.9. The van der Waals surface area contributed by atoms with Gasteiger partial charge in [0.05, 0.1) is 29.4 Å². The lowest BCUT2D eigenvalue weighted by Gasteiger charge is -2.32. The lowest BCUT2D eigenvalue weighted by Crippen LogP contribution is -2.34.